The van der Waals surface area contributed by atoms with Gasteiger partial charge in [0.25, 0.3) is 0 Å². The molecule has 1 saturated carbocycles. The topological polar surface area (TPSA) is 27.8 Å². The second-order valence-electron chi connectivity index (χ2n) is 5.85. The van der Waals surface area contributed by atoms with Crippen LogP contribution in [0.15, 0.2) is 24.4 Å². The van der Waals surface area contributed by atoms with Crippen LogP contribution in [0.3, 0.4) is 0 Å². The number of rotatable bonds is 3. The van der Waals surface area contributed by atoms with Crippen molar-refractivity contribution in [2.24, 2.45) is 5.92 Å². The zero-order valence-electron chi connectivity index (χ0n) is 11.4. The maximum Gasteiger partial charge on any atom is 0.0472 e. The van der Waals surface area contributed by atoms with Crippen molar-refractivity contribution in [3.05, 3.63) is 35.0 Å². The summed E-state index contributed by atoms with van der Waals surface area (Å²) >= 11 is 6.01. The van der Waals surface area contributed by atoms with Gasteiger partial charge in [0.15, 0.2) is 0 Å². The molecule has 1 heterocycles. The summed E-state index contributed by atoms with van der Waals surface area (Å²) in [5.74, 6) is 0.869. The molecule has 2 N–H and O–H groups in total. The molecule has 3 rings (SSSR count). The molecule has 1 aromatic heterocycles. The first-order valence-electron chi connectivity index (χ1n) is 7.21. The number of fused-ring (bicyclic) bond motifs is 1. The van der Waals surface area contributed by atoms with Crippen molar-refractivity contribution in [1.82, 2.24) is 10.3 Å². The highest BCUT2D eigenvalue weighted by Gasteiger charge is 2.18. The van der Waals surface area contributed by atoms with E-state index < -0.39 is 0 Å². The predicted molar refractivity (Wildman–Crippen MR) is 81.6 cm³/mol. The molecule has 2 aromatic rings. The SMILES string of the molecule is CC1CCCC(NCc2c[nH]c3cc(Cl)ccc23)C1. The van der Waals surface area contributed by atoms with Gasteiger partial charge in [-0.15, -0.1) is 0 Å². The summed E-state index contributed by atoms with van der Waals surface area (Å²) in [6, 6.07) is 6.74. The lowest BCUT2D eigenvalue weighted by atomic mass is 9.87. The van der Waals surface area contributed by atoms with Crippen LogP contribution in [0.2, 0.25) is 5.02 Å². The molecule has 0 aliphatic heterocycles. The quantitative estimate of drug-likeness (QED) is 0.849. The van der Waals surface area contributed by atoms with Crippen molar-refractivity contribution >= 4 is 22.5 Å². The Labute approximate surface area is 119 Å². The van der Waals surface area contributed by atoms with Gasteiger partial charge in [0.05, 0.1) is 0 Å². The van der Waals surface area contributed by atoms with Crippen LogP contribution in [-0.2, 0) is 6.54 Å². The lowest BCUT2D eigenvalue weighted by Gasteiger charge is -2.27. The van der Waals surface area contributed by atoms with E-state index in [1.807, 2.05) is 12.1 Å². The summed E-state index contributed by atoms with van der Waals surface area (Å²) in [6.07, 6.45) is 7.49. The molecular weight excluding hydrogens is 256 g/mol. The summed E-state index contributed by atoms with van der Waals surface area (Å²) in [4.78, 5) is 3.30. The van der Waals surface area contributed by atoms with Crippen LogP contribution in [0.4, 0.5) is 0 Å². The van der Waals surface area contributed by atoms with Crippen molar-refractivity contribution in [1.29, 1.82) is 0 Å². The molecule has 0 amide bonds. The van der Waals surface area contributed by atoms with E-state index in [2.05, 4.69) is 29.5 Å². The van der Waals surface area contributed by atoms with Gasteiger partial charge >= 0.3 is 0 Å². The minimum Gasteiger partial charge on any atom is -0.361 e. The molecular formula is C16H21ClN2. The Bertz CT molecular complexity index is 561. The van der Waals surface area contributed by atoms with Gasteiger partial charge in [-0.3, -0.25) is 0 Å². The monoisotopic (exact) mass is 276 g/mol. The summed E-state index contributed by atoms with van der Waals surface area (Å²) in [5.41, 5.74) is 2.46. The minimum atomic E-state index is 0.681. The van der Waals surface area contributed by atoms with Crippen LogP contribution in [-0.4, -0.2) is 11.0 Å². The highest BCUT2D eigenvalue weighted by molar-refractivity contribution is 6.31. The van der Waals surface area contributed by atoms with Gasteiger partial charge in [-0.25, -0.2) is 0 Å². The smallest absolute Gasteiger partial charge is 0.0472 e. The van der Waals surface area contributed by atoms with E-state index in [1.165, 1.54) is 36.6 Å². The zero-order chi connectivity index (χ0) is 13.2. The normalized spacial score (nSPS) is 23.9. The first kappa shape index (κ1) is 13.0. The fourth-order valence-corrected chi connectivity index (χ4v) is 3.35. The predicted octanol–water partition coefficient (Wildman–Crippen LogP) is 4.49. The Morgan fingerprint density at radius 3 is 3.11 bits per heavy atom. The molecule has 1 fully saturated rings. The Balaban J connectivity index is 1.68. The number of aromatic amines is 1. The van der Waals surface area contributed by atoms with Gasteiger partial charge in [0.2, 0.25) is 0 Å². The maximum atomic E-state index is 6.01. The average Bonchev–Trinajstić information content (AvgIpc) is 2.78. The molecule has 1 aromatic carbocycles. The number of hydrogen-bond donors (Lipinski definition) is 2. The lowest BCUT2D eigenvalue weighted by Crippen LogP contribution is -2.32. The zero-order valence-corrected chi connectivity index (χ0v) is 12.1. The average molecular weight is 277 g/mol. The number of H-pyrrole nitrogens is 1. The number of benzene rings is 1. The second kappa shape index (κ2) is 5.56. The molecule has 0 saturated heterocycles. The van der Waals surface area contributed by atoms with Crippen LogP contribution in [0, 0.1) is 5.92 Å². The van der Waals surface area contributed by atoms with E-state index in [9.17, 15) is 0 Å². The van der Waals surface area contributed by atoms with Gasteiger partial charge in [-0.2, -0.15) is 0 Å². The third kappa shape index (κ3) is 2.96. The van der Waals surface area contributed by atoms with E-state index in [0.29, 0.717) is 6.04 Å². The van der Waals surface area contributed by atoms with Crippen LogP contribution in [0.5, 0.6) is 0 Å². The molecule has 0 spiro atoms. The van der Waals surface area contributed by atoms with Crippen molar-refractivity contribution in [3.63, 3.8) is 0 Å². The van der Waals surface area contributed by atoms with Gasteiger partial charge in [0, 0.05) is 34.7 Å². The highest BCUT2D eigenvalue weighted by atomic mass is 35.5. The molecule has 19 heavy (non-hydrogen) atoms. The Hall–Kier alpha value is -0.990. The summed E-state index contributed by atoms with van der Waals surface area (Å²) < 4.78 is 0. The van der Waals surface area contributed by atoms with Crippen LogP contribution < -0.4 is 5.32 Å². The first-order chi connectivity index (χ1) is 9.22. The van der Waals surface area contributed by atoms with E-state index in [-0.39, 0.29) is 0 Å². The van der Waals surface area contributed by atoms with Crippen LogP contribution in [0.1, 0.15) is 38.2 Å². The molecule has 2 unspecified atom stereocenters. The van der Waals surface area contributed by atoms with E-state index in [0.717, 1.165) is 23.0 Å². The fourth-order valence-electron chi connectivity index (χ4n) is 3.18. The van der Waals surface area contributed by atoms with Gasteiger partial charge in [-0.1, -0.05) is 37.4 Å². The van der Waals surface area contributed by atoms with Crippen molar-refractivity contribution in [2.75, 3.05) is 0 Å². The maximum absolute atomic E-state index is 6.01. The summed E-state index contributed by atoms with van der Waals surface area (Å²) in [5, 5.41) is 5.77. The Kier molecular flexibility index (Phi) is 3.81. The summed E-state index contributed by atoms with van der Waals surface area (Å²) in [6.45, 7) is 3.31. The summed E-state index contributed by atoms with van der Waals surface area (Å²) in [7, 11) is 0. The standard InChI is InChI=1S/C16H21ClN2/c1-11-3-2-4-14(7-11)18-9-12-10-19-16-8-13(17)5-6-15(12)16/h5-6,8,10-11,14,18-19H,2-4,7,9H2,1H3. The van der Waals surface area contributed by atoms with Crippen molar-refractivity contribution in [3.8, 4) is 0 Å². The van der Waals surface area contributed by atoms with Gasteiger partial charge < -0.3 is 10.3 Å². The molecule has 1 aliphatic carbocycles. The van der Waals surface area contributed by atoms with Crippen LogP contribution in [0.25, 0.3) is 10.9 Å². The number of aromatic nitrogens is 1. The molecule has 102 valence electrons. The first-order valence-corrected chi connectivity index (χ1v) is 7.59. The third-order valence-corrected chi connectivity index (χ3v) is 4.48. The number of nitrogens with one attached hydrogen (secondary N) is 2. The number of hydrogen-bond acceptors (Lipinski definition) is 1. The molecule has 2 atom stereocenters. The lowest BCUT2D eigenvalue weighted by molar-refractivity contribution is 0.301. The fraction of sp³-hybridized carbons (Fsp3) is 0.500. The largest absolute Gasteiger partial charge is 0.361 e. The van der Waals surface area contributed by atoms with Crippen molar-refractivity contribution in [2.45, 2.75) is 45.2 Å². The third-order valence-electron chi connectivity index (χ3n) is 4.25. The van der Waals surface area contributed by atoms with E-state index in [4.69, 9.17) is 11.6 Å². The Morgan fingerprint density at radius 1 is 1.37 bits per heavy atom. The van der Waals surface area contributed by atoms with E-state index in [1.54, 1.807) is 0 Å². The minimum absolute atomic E-state index is 0.681. The second-order valence-corrected chi connectivity index (χ2v) is 6.29. The molecule has 1 aliphatic rings. The highest BCUT2D eigenvalue weighted by Crippen LogP contribution is 2.25. The van der Waals surface area contributed by atoms with E-state index >= 15 is 0 Å². The van der Waals surface area contributed by atoms with Crippen LogP contribution >= 0.6 is 11.6 Å². The van der Waals surface area contributed by atoms with Gasteiger partial charge in [0.1, 0.15) is 0 Å². The molecule has 0 radical (unpaired) electrons. The number of halogens is 1. The Morgan fingerprint density at radius 2 is 2.26 bits per heavy atom. The molecule has 0 bridgehead atoms. The molecule has 2 nitrogen and oxygen atoms in total. The van der Waals surface area contributed by atoms with Crippen molar-refractivity contribution < 1.29 is 0 Å². The molecule has 3 heteroatoms. The van der Waals surface area contributed by atoms with Gasteiger partial charge in [-0.05, 0) is 36.5 Å².